The molecule has 3 aromatic rings. The first-order chi connectivity index (χ1) is 12.5. The number of anilines is 1. The standard InChI is InChI=1S/C19H24N6O/c1-12-6-14(3)25-19(23-12)15(9-21-25)10-24-4-5-26-18(11-24)17-8-16(20)7-13(2)22-17/h6-9,18H,4-5,10-11H2,1-3H3,(H2,20,22)/t18-/m0/s1. The van der Waals surface area contributed by atoms with Crippen molar-refractivity contribution in [2.24, 2.45) is 0 Å². The molecule has 7 nitrogen and oxygen atoms in total. The molecule has 2 N–H and O–H groups in total. The van der Waals surface area contributed by atoms with E-state index in [2.05, 4.69) is 26.9 Å². The second-order valence-corrected chi connectivity index (χ2v) is 7.01. The molecule has 0 bridgehead atoms. The summed E-state index contributed by atoms with van der Waals surface area (Å²) in [6, 6.07) is 5.83. The molecule has 4 rings (SSSR count). The van der Waals surface area contributed by atoms with Crippen molar-refractivity contribution < 1.29 is 4.74 Å². The number of aryl methyl sites for hydroxylation is 3. The lowest BCUT2D eigenvalue weighted by Crippen LogP contribution is -2.38. The molecule has 0 aliphatic carbocycles. The third-order valence-corrected chi connectivity index (χ3v) is 4.72. The summed E-state index contributed by atoms with van der Waals surface area (Å²) < 4.78 is 7.86. The Morgan fingerprint density at radius 1 is 1.15 bits per heavy atom. The first-order valence-corrected chi connectivity index (χ1v) is 8.88. The van der Waals surface area contributed by atoms with Crippen LogP contribution in [0, 0.1) is 20.8 Å². The Labute approximate surface area is 152 Å². The van der Waals surface area contributed by atoms with Gasteiger partial charge >= 0.3 is 0 Å². The number of ether oxygens (including phenoxy) is 1. The topological polar surface area (TPSA) is 81.6 Å². The van der Waals surface area contributed by atoms with E-state index in [9.17, 15) is 0 Å². The van der Waals surface area contributed by atoms with Crippen LogP contribution >= 0.6 is 0 Å². The summed E-state index contributed by atoms with van der Waals surface area (Å²) >= 11 is 0. The number of aromatic nitrogens is 4. The van der Waals surface area contributed by atoms with Gasteiger partial charge in [-0.25, -0.2) is 9.50 Å². The largest absolute Gasteiger partial charge is 0.399 e. The van der Waals surface area contributed by atoms with Gasteiger partial charge in [0.1, 0.15) is 6.10 Å². The fraction of sp³-hybridized carbons (Fsp3) is 0.421. The van der Waals surface area contributed by atoms with Crippen LogP contribution in [0.5, 0.6) is 0 Å². The van der Waals surface area contributed by atoms with Crippen LogP contribution in [-0.2, 0) is 11.3 Å². The van der Waals surface area contributed by atoms with Crippen molar-refractivity contribution in [2.75, 3.05) is 25.4 Å². The molecule has 1 saturated heterocycles. The second kappa shape index (κ2) is 6.66. The molecule has 1 fully saturated rings. The van der Waals surface area contributed by atoms with Crippen molar-refractivity contribution in [3.05, 3.63) is 52.7 Å². The van der Waals surface area contributed by atoms with Crippen LogP contribution in [0.2, 0.25) is 0 Å². The van der Waals surface area contributed by atoms with E-state index in [1.807, 2.05) is 42.8 Å². The molecule has 4 heterocycles. The van der Waals surface area contributed by atoms with E-state index in [4.69, 9.17) is 10.5 Å². The molecular formula is C19H24N6O. The summed E-state index contributed by atoms with van der Waals surface area (Å²) in [5.74, 6) is 0. The molecule has 1 atom stereocenters. The molecule has 0 spiro atoms. The number of hydrogen-bond donors (Lipinski definition) is 1. The van der Waals surface area contributed by atoms with Gasteiger partial charge in [0.15, 0.2) is 5.65 Å². The fourth-order valence-electron chi connectivity index (χ4n) is 3.58. The van der Waals surface area contributed by atoms with Crippen molar-refractivity contribution in [3.8, 4) is 0 Å². The van der Waals surface area contributed by atoms with Gasteiger partial charge in [-0.1, -0.05) is 0 Å². The minimum atomic E-state index is -0.0655. The van der Waals surface area contributed by atoms with Gasteiger partial charge in [-0.2, -0.15) is 5.10 Å². The van der Waals surface area contributed by atoms with E-state index in [1.54, 1.807) is 0 Å². The average Bonchev–Trinajstić information content (AvgIpc) is 2.97. The highest BCUT2D eigenvalue weighted by Crippen LogP contribution is 2.24. The molecule has 1 aliphatic rings. The van der Waals surface area contributed by atoms with E-state index in [-0.39, 0.29) is 6.10 Å². The summed E-state index contributed by atoms with van der Waals surface area (Å²) in [6.45, 7) is 9.14. The molecule has 0 unspecified atom stereocenters. The SMILES string of the molecule is Cc1cc(N)cc([C@@H]2CN(Cc3cnn4c(C)cc(C)nc34)CCO2)n1. The Balaban J connectivity index is 1.56. The van der Waals surface area contributed by atoms with Gasteiger partial charge < -0.3 is 10.5 Å². The summed E-state index contributed by atoms with van der Waals surface area (Å²) in [7, 11) is 0. The predicted octanol–water partition coefficient (Wildman–Crippen LogP) is 2.21. The van der Waals surface area contributed by atoms with Crippen LogP contribution in [0.3, 0.4) is 0 Å². The maximum absolute atomic E-state index is 5.97. The van der Waals surface area contributed by atoms with Crippen molar-refractivity contribution in [1.82, 2.24) is 24.5 Å². The number of rotatable bonds is 3. The highest BCUT2D eigenvalue weighted by Gasteiger charge is 2.24. The fourth-order valence-corrected chi connectivity index (χ4v) is 3.58. The lowest BCUT2D eigenvalue weighted by Gasteiger charge is -2.32. The molecule has 7 heteroatoms. The number of pyridine rings is 1. The minimum Gasteiger partial charge on any atom is -0.399 e. The molecule has 0 radical (unpaired) electrons. The van der Waals surface area contributed by atoms with Gasteiger partial charge in [0, 0.05) is 48.0 Å². The second-order valence-electron chi connectivity index (χ2n) is 7.01. The minimum absolute atomic E-state index is 0.0655. The van der Waals surface area contributed by atoms with E-state index in [0.717, 1.165) is 59.3 Å². The zero-order valence-electron chi connectivity index (χ0n) is 15.4. The van der Waals surface area contributed by atoms with Gasteiger partial charge in [-0.15, -0.1) is 0 Å². The average molecular weight is 352 g/mol. The lowest BCUT2D eigenvalue weighted by atomic mass is 10.1. The van der Waals surface area contributed by atoms with Crippen LogP contribution in [0.15, 0.2) is 24.4 Å². The monoisotopic (exact) mass is 352 g/mol. The third-order valence-electron chi connectivity index (χ3n) is 4.72. The van der Waals surface area contributed by atoms with E-state index in [1.165, 1.54) is 0 Å². The molecule has 1 aliphatic heterocycles. The maximum atomic E-state index is 5.97. The van der Waals surface area contributed by atoms with E-state index >= 15 is 0 Å². The van der Waals surface area contributed by atoms with Gasteiger partial charge in [-0.05, 0) is 39.0 Å². The number of nitrogens with zero attached hydrogens (tertiary/aromatic N) is 5. The van der Waals surface area contributed by atoms with Crippen molar-refractivity contribution in [2.45, 2.75) is 33.4 Å². The smallest absolute Gasteiger partial charge is 0.159 e. The number of fused-ring (bicyclic) bond motifs is 1. The molecular weight excluding hydrogens is 328 g/mol. The molecule has 3 aromatic heterocycles. The highest BCUT2D eigenvalue weighted by molar-refractivity contribution is 5.48. The number of hydrogen-bond acceptors (Lipinski definition) is 6. The Bertz CT molecular complexity index is 930. The summed E-state index contributed by atoms with van der Waals surface area (Å²) in [6.07, 6.45) is 1.85. The van der Waals surface area contributed by atoms with E-state index in [0.29, 0.717) is 6.61 Å². The quantitative estimate of drug-likeness (QED) is 0.778. The van der Waals surface area contributed by atoms with E-state index < -0.39 is 0 Å². The van der Waals surface area contributed by atoms with Gasteiger partial charge in [0.05, 0.1) is 18.5 Å². The first kappa shape index (κ1) is 16.9. The van der Waals surface area contributed by atoms with Crippen molar-refractivity contribution in [3.63, 3.8) is 0 Å². The van der Waals surface area contributed by atoms with Crippen LogP contribution < -0.4 is 5.73 Å². The number of morpholine rings is 1. The van der Waals surface area contributed by atoms with Crippen LogP contribution in [0.4, 0.5) is 5.69 Å². The Morgan fingerprint density at radius 2 is 1.96 bits per heavy atom. The number of nitrogens with two attached hydrogens (primary N) is 1. The zero-order chi connectivity index (χ0) is 18.3. The van der Waals surface area contributed by atoms with Crippen molar-refractivity contribution in [1.29, 1.82) is 0 Å². The molecule has 0 saturated carbocycles. The number of nitrogen functional groups attached to an aromatic ring is 1. The first-order valence-electron chi connectivity index (χ1n) is 8.88. The Hall–Kier alpha value is -2.51. The Morgan fingerprint density at radius 3 is 2.77 bits per heavy atom. The lowest BCUT2D eigenvalue weighted by molar-refractivity contribution is -0.0349. The van der Waals surface area contributed by atoms with Gasteiger partial charge in [-0.3, -0.25) is 9.88 Å². The Kier molecular flexibility index (Phi) is 4.34. The van der Waals surface area contributed by atoms with Crippen molar-refractivity contribution >= 4 is 11.3 Å². The summed E-state index contributed by atoms with van der Waals surface area (Å²) in [5, 5.41) is 4.49. The normalized spacial score (nSPS) is 18.5. The highest BCUT2D eigenvalue weighted by atomic mass is 16.5. The molecule has 0 aromatic carbocycles. The zero-order valence-corrected chi connectivity index (χ0v) is 15.4. The van der Waals surface area contributed by atoms with Gasteiger partial charge in [0.2, 0.25) is 0 Å². The van der Waals surface area contributed by atoms with Crippen LogP contribution in [-0.4, -0.2) is 44.2 Å². The van der Waals surface area contributed by atoms with Crippen LogP contribution in [0.25, 0.3) is 5.65 Å². The maximum Gasteiger partial charge on any atom is 0.159 e. The third kappa shape index (κ3) is 3.27. The van der Waals surface area contributed by atoms with Gasteiger partial charge in [0.25, 0.3) is 0 Å². The molecule has 0 amide bonds. The summed E-state index contributed by atoms with van der Waals surface area (Å²) in [4.78, 5) is 11.6. The van der Waals surface area contributed by atoms with Crippen LogP contribution in [0.1, 0.15) is 34.4 Å². The predicted molar refractivity (Wildman–Crippen MR) is 99.8 cm³/mol. The molecule has 26 heavy (non-hydrogen) atoms. The summed E-state index contributed by atoms with van der Waals surface area (Å²) in [5.41, 5.74) is 12.7. The molecule has 136 valence electrons.